The van der Waals surface area contributed by atoms with Crippen LogP contribution in [0.5, 0.6) is 0 Å². The highest BCUT2D eigenvalue weighted by molar-refractivity contribution is 7.91. The van der Waals surface area contributed by atoms with Crippen LogP contribution in [-0.2, 0) is 16.4 Å². The molecule has 1 N–H and O–H groups in total. The van der Waals surface area contributed by atoms with Crippen molar-refractivity contribution in [3.05, 3.63) is 29.8 Å². The maximum absolute atomic E-state index is 12.5. The van der Waals surface area contributed by atoms with Gasteiger partial charge in [0.15, 0.2) is 0 Å². The lowest BCUT2D eigenvalue weighted by molar-refractivity contribution is 0.0502. The van der Waals surface area contributed by atoms with Gasteiger partial charge in [-0.05, 0) is 43.5 Å². The van der Waals surface area contributed by atoms with Gasteiger partial charge in [-0.2, -0.15) is 8.78 Å². The van der Waals surface area contributed by atoms with Crippen molar-refractivity contribution < 1.29 is 22.3 Å². The number of benzene rings is 1. The number of alkyl halides is 2. The van der Waals surface area contributed by atoms with Crippen LogP contribution in [0.4, 0.5) is 8.78 Å². The first-order chi connectivity index (χ1) is 10.8. The van der Waals surface area contributed by atoms with E-state index in [0.29, 0.717) is 6.54 Å². The van der Waals surface area contributed by atoms with E-state index < -0.39 is 15.6 Å². The molecule has 130 valence electrons. The lowest BCUT2D eigenvalue weighted by Crippen LogP contribution is -2.34. The zero-order valence-corrected chi connectivity index (χ0v) is 14.0. The SMILES string of the molecule is CN(Cc1ccc(S(=O)(=O)C(F)F)cc1)CC1CCCCC1O. The predicted octanol–water partition coefficient (Wildman–Crippen LogP) is 2.67. The second-order valence-electron chi connectivity index (χ2n) is 6.26. The second kappa shape index (κ2) is 7.68. The van der Waals surface area contributed by atoms with Gasteiger partial charge in [0.1, 0.15) is 0 Å². The number of rotatable bonds is 6. The van der Waals surface area contributed by atoms with Crippen LogP contribution in [0.2, 0.25) is 0 Å². The number of aliphatic hydroxyl groups excluding tert-OH is 1. The van der Waals surface area contributed by atoms with Crippen molar-refractivity contribution in [2.24, 2.45) is 5.92 Å². The molecule has 0 aromatic heterocycles. The lowest BCUT2D eigenvalue weighted by atomic mass is 9.86. The summed E-state index contributed by atoms with van der Waals surface area (Å²) in [4.78, 5) is 1.71. The molecule has 1 saturated carbocycles. The van der Waals surface area contributed by atoms with Gasteiger partial charge in [0, 0.05) is 13.1 Å². The molecule has 0 spiro atoms. The molecule has 0 saturated heterocycles. The smallest absolute Gasteiger partial charge is 0.341 e. The maximum Gasteiger partial charge on any atom is 0.341 e. The fraction of sp³-hybridized carbons (Fsp3) is 0.625. The van der Waals surface area contributed by atoms with Crippen molar-refractivity contribution in [1.29, 1.82) is 0 Å². The Labute approximate surface area is 136 Å². The molecule has 1 fully saturated rings. The van der Waals surface area contributed by atoms with E-state index in [1.807, 2.05) is 7.05 Å². The molecule has 0 bridgehead atoms. The number of hydrogen-bond donors (Lipinski definition) is 1. The quantitative estimate of drug-likeness (QED) is 0.860. The van der Waals surface area contributed by atoms with Crippen LogP contribution in [0.25, 0.3) is 0 Å². The number of halogens is 2. The molecule has 0 radical (unpaired) electrons. The standard InChI is InChI=1S/C16H23F2NO3S/c1-19(11-13-4-2-3-5-15(13)20)10-12-6-8-14(9-7-12)23(21,22)16(17)18/h6-9,13,15-16,20H,2-5,10-11H2,1H3. The molecule has 4 nitrogen and oxygen atoms in total. The highest BCUT2D eigenvalue weighted by Gasteiger charge is 2.26. The third-order valence-electron chi connectivity index (χ3n) is 4.35. The first kappa shape index (κ1) is 18.3. The fourth-order valence-corrected chi connectivity index (χ4v) is 3.79. The first-order valence-corrected chi connectivity index (χ1v) is 9.33. The van der Waals surface area contributed by atoms with E-state index in [9.17, 15) is 22.3 Å². The average Bonchev–Trinajstić information content (AvgIpc) is 2.50. The topological polar surface area (TPSA) is 57.6 Å². The van der Waals surface area contributed by atoms with Gasteiger partial charge in [-0.15, -0.1) is 0 Å². The minimum Gasteiger partial charge on any atom is -0.393 e. The molecule has 2 unspecified atom stereocenters. The van der Waals surface area contributed by atoms with Crippen LogP contribution in [0, 0.1) is 5.92 Å². The van der Waals surface area contributed by atoms with E-state index in [-0.39, 0.29) is 16.9 Å². The van der Waals surface area contributed by atoms with Gasteiger partial charge in [0.25, 0.3) is 0 Å². The molecule has 1 aliphatic carbocycles. The minimum atomic E-state index is -4.53. The van der Waals surface area contributed by atoms with Gasteiger partial charge in [-0.1, -0.05) is 25.0 Å². The monoisotopic (exact) mass is 347 g/mol. The predicted molar refractivity (Wildman–Crippen MR) is 83.9 cm³/mol. The Balaban J connectivity index is 1.95. The van der Waals surface area contributed by atoms with Crippen LogP contribution in [-0.4, -0.2) is 43.9 Å². The first-order valence-electron chi connectivity index (χ1n) is 7.78. The van der Waals surface area contributed by atoms with Crippen molar-refractivity contribution in [3.63, 3.8) is 0 Å². The number of nitrogens with zero attached hydrogens (tertiary/aromatic N) is 1. The summed E-state index contributed by atoms with van der Waals surface area (Å²) in [6.07, 6.45) is 3.80. The van der Waals surface area contributed by atoms with Gasteiger partial charge in [-0.25, -0.2) is 8.42 Å². The summed E-state index contributed by atoms with van der Waals surface area (Å²) < 4.78 is 47.7. The molecule has 0 heterocycles. The molecule has 7 heteroatoms. The summed E-state index contributed by atoms with van der Waals surface area (Å²) in [6.45, 7) is 1.34. The van der Waals surface area contributed by atoms with Gasteiger partial charge in [0.05, 0.1) is 11.0 Å². The van der Waals surface area contributed by atoms with Gasteiger partial charge in [-0.3, -0.25) is 0 Å². The number of aliphatic hydroxyl groups is 1. The molecule has 0 aliphatic heterocycles. The Kier molecular flexibility index (Phi) is 6.11. The average molecular weight is 347 g/mol. The normalized spacial score (nSPS) is 22.7. The van der Waals surface area contributed by atoms with E-state index in [0.717, 1.165) is 37.8 Å². The number of hydrogen-bond acceptors (Lipinski definition) is 4. The molecular weight excluding hydrogens is 324 g/mol. The fourth-order valence-electron chi connectivity index (χ4n) is 3.07. The van der Waals surface area contributed by atoms with E-state index >= 15 is 0 Å². The minimum absolute atomic E-state index is 0.257. The Hall–Kier alpha value is -1.05. The molecule has 0 amide bonds. The van der Waals surface area contributed by atoms with Crippen molar-refractivity contribution in [2.75, 3.05) is 13.6 Å². The van der Waals surface area contributed by atoms with Crippen LogP contribution in [0.15, 0.2) is 29.2 Å². The zero-order valence-electron chi connectivity index (χ0n) is 13.2. The lowest BCUT2D eigenvalue weighted by Gasteiger charge is -2.31. The summed E-state index contributed by atoms with van der Waals surface area (Å²) in [7, 11) is -2.60. The molecule has 1 aromatic rings. The summed E-state index contributed by atoms with van der Waals surface area (Å²) in [5.41, 5.74) is 0.853. The molecule has 2 atom stereocenters. The van der Waals surface area contributed by atoms with Crippen LogP contribution in [0.3, 0.4) is 0 Å². The van der Waals surface area contributed by atoms with Crippen LogP contribution >= 0.6 is 0 Å². The van der Waals surface area contributed by atoms with Gasteiger partial charge < -0.3 is 10.0 Å². The van der Waals surface area contributed by atoms with Crippen molar-refractivity contribution in [3.8, 4) is 0 Å². The van der Waals surface area contributed by atoms with Crippen LogP contribution in [0.1, 0.15) is 31.2 Å². The molecular formula is C16H23F2NO3S. The molecule has 1 aliphatic rings. The van der Waals surface area contributed by atoms with E-state index in [1.54, 1.807) is 12.1 Å². The van der Waals surface area contributed by atoms with Crippen LogP contribution < -0.4 is 0 Å². The number of sulfone groups is 1. The van der Waals surface area contributed by atoms with Crippen molar-refractivity contribution in [2.45, 2.75) is 49.0 Å². The maximum atomic E-state index is 12.5. The molecule has 1 aromatic carbocycles. The van der Waals surface area contributed by atoms with Crippen molar-refractivity contribution >= 4 is 9.84 Å². The van der Waals surface area contributed by atoms with Gasteiger partial charge in [0.2, 0.25) is 9.84 Å². The third-order valence-corrected chi connectivity index (χ3v) is 5.75. The van der Waals surface area contributed by atoms with Crippen molar-refractivity contribution in [1.82, 2.24) is 4.90 Å². The third kappa shape index (κ3) is 4.71. The van der Waals surface area contributed by atoms with E-state index in [1.165, 1.54) is 12.1 Å². The summed E-state index contributed by atoms with van der Waals surface area (Å²) in [5.74, 6) is -3.14. The Morgan fingerprint density at radius 2 is 1.83 bits per heavy atom. The zero-order chi connectivity index (χ0) is 17.0. The van der Waals surface area contributed by atoms with E-state index in [2.05, 4.69) is 4.90 Å². The highest BCUT2D eigenvalue weighted by atomic mass is 32.2. The largest absolute Gasteiger partial charge is 0.393 e. The Bertz CT molecular complexity index is 604. The van der Waals surface area contributed by atoms with E-state index in [4.69, 9.17) is 0 Å². The van der Waals surface area contributed by atoms with Gasteiger partial charge >= 0.3 is 5.76 Å². The molecule has 2 rings (SSSR count). The Morgan fingerprint density at radius 3 is 2.39 bits per heavy atom. The second-order valence-corrected chi connectivity index (χ2v) is 8.18. The summed E-state index contributed by atoms with van der Waals surface area (Å²) in [5, 5.41) is 10.00. The highest BCUT2D eigenvalue weighted by Crippen LogP contribution is 2.25. The molecule has 23 heavy (non-hydrogen) atoms. The summed E-state index contributed by atoms with van der Waals surface area (Å²) in [6, 6.07) is 5.56. The summed E-state index contributed by atoms with van der Waals surface area (Å²) >= 11 is 0. The Morgan fingerprint density at radius 1 is 1.22 bits per heavy atom.